The number of esters is 1. The molecule has 0 heterocycles. The molecule has 0 fully saturated rings. The summed E-state index contributed by atoms with van der Waals surface area (Å²) in [6, 6.07) is 20.9. The van der Waals surface area contributed by atoms with E-state index < -0.39 is 11.6 Å². The van der Waals surface area contributed by atoms with E-state index in [2.05, 4.69) is 5.32 Å². The first-order chi connectivity index (χ1) is 14.7. The number of carbonyl (C=O) groups excluding carboxylic acids is 2. The SMILES string of the molecule is CC(C)(C)OC(=O)c1ccccc1-c1ccccc1C(=O)Nc1ccc(C(=N)N)cc1. The molecule has 4 N–H and O–H groups in total. The molecule has 0 bridgehead atoms. The molecule has 0 aromatic heterocycles. The molecule has 6 nitrogen and oxygen atoms in total. The van der Waals surface area contributed by atoms with Crippen molar-refractivity contribution in [3.8, 4) is 11.1 Å². The molecule has 0 aliphatic carbocycles. The molecule has 0 unspecified atom stereocenters. The van der Waals surface area contributed by atoms with Gasteiger partial charge in [-0.15, -0.1) is 0 Å². The van der Waals surface area contributed by atoms with E-state index in [1.54, 1.807) is 60.7 Å². The maximum atomic E-state index is 13.0. The Hall–Kier alpha value is -3.93. The average molecular weight is 415 g/mol. The molecule has 6 heteroatoms. The van der Waals surface area contributed by atoms with Crippen molar-refractivity contribution >= 4 is 23.4 Å². The summed E-state index contributed by atoms with van der Waals surface area (Å²) in [5.41, 5.74) is 8.06. The molecule has 3 aromatic carbocycles. The molecule has 31 heavy (non-hydrogen) atoms. The number of hydrogen-bond acceptors (Lipinski definition) is 4. The molecule has 0 atom stereocenters. The fourth-order valence-corrected chi connectivity index (χ4v) is 3.08. The van der Waals surface area contributed by atoms with Crippen molar-refractivity contribution < 1.29 is 14.3 Å². The number of hydrogen-bond donors (Lipinski definition) is 3. The van der Waals surface area contributed by atoms with Crippen molar-refractivity contribution in [2.24, 2.45) is 5.73 Å². The van der Waals surface area contributed by atoms with Gasteiger partial charge < -0.3 is 15.8 Å². The third kappa shape index (κ3) is 5.36. The lowest BCUT2D eigenvalue weighted by atomic mass is 9.94. The van der Waals surface area contributed by atoms with E-state index in [1.807, 2.05) is 32.9 Å². The fraction of sp³-hybridized carbons (Fsp3) is 0.160. The van der Waals surface area contributed by atoms with Gasteiger partial charge in [-0.25, -0.2) is 4.79 Å². The van der Waals surface area contributed by atoms with Gasteiger partial charge in [0.05, 0.1) is 5.56 Å². The number of benzene rings is 3. The van der Waals surface area contributed by atoms with Crippen LogP contribution >= 0.6 is 0 Å². The van der Waals surface area contributed by atoms with Crippen LogP contribution in [0, 0.1) is 5.41 Å². The van der Waals surface area contributed by atoms with Crippen LogP contribution in [0.3, 0.4) is 0 Å². The Labute approximate surface area is 181 Å². The minimum Gasteiger partial charge on any atom is -0.456 e. The number of nitrogens with one attached hydrogen (secondary N) is 2. The van der Waals surface area contributed by atoms with E-state index in [1.165, 1.54) is 0 Å². The topological polar surface area (TPSA) is 105 Å². The quantitative estimate of drug-likeness (QED) is 0.315. The van der Waals surface area contributed by atoms with Crippen molar-refractivity contribution in [3.05, 3.63) is 89.5 Å². The molecule has 158 valence electrons. The Bertz CT molecular complexity index is 1130. The standard InChI is InChI=1S/C25H25N3O3/c1-25(2,3)31-24(30)21-11-7-5-9-19(21)18-8-4-6-10-20(18)23(29)28-17-14-12-16(13-15-17)22(26)27/h4-15H,1-3H3,(H3,26,27)(H,28,29). The minimum atomic E-state index is -0.632. The highest BCUT2D eigenvalue weighted by atomic mass is 16.6. The van der Waals surface area contributed by atoms with Crippen molar-refractivity contribution in [3.63, 3.8) is 0 Å². The molecule has 3 rings (SSSR count). The molecule has 3 aromatic rings. The van der Waals surface area contributed by atoms with Gasteiger partial charge >= 0.3 is 5.97 Å². The molecule has 0 radical (unpaired) electrons. The van der Waals surface area contributed by atoms with Crippen LogP contribution < -0.4 is 11.1 Å². The molecule has 0 spiro atoms. The molecule has 0 saturated heterocycles. The van der Waals surface area contributed by atoms with E-state index in [0.29, 0.717) is 33.5 Å². The van der Waals surface area contributed by atoms with E-state index in [9.17, 15) is 9.59 Å². The van der Waals surface area contributed by atoms with Gasteiger partial charge in [-0.2, -0.15) is 0 Å². The second kappa shape index (κ2) is 8.83. The third-order valence-electron chi connectivity index (χ3n) is 4.46. The molecule has 0 saturated carbocycles. The summed E-state index contributed by atoms with van der Waals surface area (Å²) in [4.78, 5) is 25.8. The zero-order chi connectivity index (χ0) is 22.6. The lowest BCUT2D eigenvalue weighted by Gasteiger charge is -2.21. The second-order valence-corrected chi connectivity index (χ2v) is 8.04. The average Bonchev–Trinajstić information content (AvgIpc) is 2.73. The summed E-state index contributed by atoms with van der Waals surface area (Å²) in [7, 11) is 0. The first-order valence-electron chi connectivity index (χ1n) is 9.83. The number of ether oxygens (including phenoxy) is 1. The van der Waals surface area contributed by atoms with Crippen LogP contribution in [0.2, 0.25) is 0 Å². The molecule has 0 aliphatic rings. The van der Waals surface area contributed by atoms with Crippen molar-refractivity contribution in [1.29, 1.82) is 5.41 Å². The van der Waals surface area contributed by atoms with Crippen LogP contribution in [-0.2, 0) is 4.74 Å². The summed E-state index contributed by atoms with van der Waals surface area (Å²) >= 11 is 0. The van der Waals surface area contributed by atoms with Gasteiger partial charge in [0.2, 0.25) is 0 Å². The van der Waals surface area contributed by atoms with Gasteiger partial charge in [0.15, 0.2) is 0 Å². The van der Waals surface area contributed by atoms with Gasteiger partial charge in [-0.05, 0) is 68.3 Å². The van der Waals surface area contributed by atoms with Gasteiger partial charge in [-0.3, -0.25) is 10.2 Å². The summed E-state index contributed by atoms with van der Waals surface area (Å²) in [6.07, 6.45) is 0. The second-order valence-electron chi connectivity index (χ2n) is 8.04. The largest absolute Gasteiger partial charge is 0.456 e. The first kappa shape index (κ1) is 21.8. The van der Waals surface area contributed by atoms with Gasteiger partial charge in [0.25, 0.3) is 5.91 Å². The summed E-state index contributed by atoms with van der Waals surface area (Å²) in [5.74, 6) is -0.801. The minimum absolute atomic E-state index is 0.0398. The molecular formula is C25H25N3O3. The summed E-state index contributed by atoms with van der Waals surface area (Å²) in [6.45, 7) is 5.44. The third-order valence-corrected chi connectivity index (χ3v) is 4.46. The van der Waals surface area contributed by atoms with E-state index in [0.717, 1.165) is 0 Å². The predicted molar refractivity (Wildman–Crippen MR) is 122 cm³/mol. The number of rotatable bonds is 5. The first-order valence-corrected chi connectivity index (χ1v) is 9.83. The van der Waals surface area contributed by atoms with Crippen LogP contribution in [0.15, 0.2) is 72.8 Å². The van der Waals surface area contributed by atoms with Crippen molar-refractivity contribution in [2.75, 3.05) is 5.32 Å². The number of amides is 1. The number of nitrogen functional groups attached to an aromatic ring is 1. The van der Waals surface area contributed by atoms with Crippen LogP contribution in [0.1, 0.15) is 47.1 Å². The Morgan fingerprint density at radius 2 is 1.35 bits per heavy atom. The summed E-state index contributed by atoms with van der Waals surface area (Å²) < 4.78 is 5.55. The molecule has 1 amide bonds. The number of nitrogens with two attached hydrogens (primary N) is 1. The number of carbonyl (C=O) groups is 2. The van der Waals surface area contributed by atoms with Crippen molar-refractivity contribution in [1.82, 2.24) is 0 Å². The number of amidine groups is 1. The van der Waals surface area contributed by atoms with E-state index in [4.69, 9.17) is 15.9 Å². The highest BCUT2D eigenvalue weighted by molar-refractivity contribution is 6.10. The lowest BCUT2D eigenvalue weighted by Crippen LogP contribution is -2.24. The smallest absolute Gasteiger partial charge is 0.339 e. The zero-order valence-electron chi connectivity index (χ0n) is 17.7. The Balaban J connectivity index is 1.95. The van der Waals surface area contributed by atoms with E-state index >= 15 is 0 Å². The fourth-order valence-electron chi connectivity index (χ4n) is 3.08. The Morgan fingerprint density at radius 1 is 0.839 bits per heavy atom. The molecule has 0 aliphatic heterocycles. The van der Waals surface area contributed by atoms with Crippen LogP contribution in [0.25, 0.3) is 11.1 Å². The van der Waals surface area contributed by atoms with Gasteiger partial charge in [0.1, 0.15) is 11.4 Å². The van der Waals surface area contributed by atoms with Gasteiger partial charge in [-0.1, -0.05) is 36.4 Å². The predicted octanol–water partition coefficient (Wildman–Crippen LogP) is 4.85. The summed E-state index contributed by atoms with van der Waals surface area (Å²) in [5, 5.41) is 10.3. The highest BCUT2D eigenvalue weighted by Gasteiger charge is 2.22. The monoisotopic (exact) mass is 415 g/mol. The van der Waals surface area contributed by atoms with Crippen LogP contribution in [0.5, 0.6) is 0 Å². The molecular weight excluding hydrogens is 390 g/mol. The van der Waals surface area contributed by atoms with Crippen molar-refractivity contribution in [2.45, 2.75) is 26.4 Å². The van der Waals surface area contributed by atoms with Crippen LogP contribution in [-0.4, -0.2) is 23.3 Å². The lowest BCUT2D eigenvalue weighted by molar-refractivity contribution is 0.00703. The van der Waals surface area contributed by atoms with Crippen LogP contribution in [0.4, 0.5) is 5.69 Å². The Kier molecular flexibility index (Phi) is 6.20. The maximum Gasteiger partial charge on any atom is 0.339 e. The number of anilines is 1. The highest BCUT2D eigenvalue weighted by Crippen LogP contribution is 2.29. The maximum absolute atomic E-state index is 13.0. The zero-order valence-corrected chi connectivity index (χ0v) is 17.7. The van der Waals surface area contributed by atoms with E-state index in [-0.39, 0.29) is 11.7 Å². The normalized spacial score (nSPS) is 10.9. The van der Waals surface area contributed by atoms with Gasteiger partial charge in [0, 0.05) is 16.8 Å². The Morgan fingerprint density at radius 3 is 1.90 bits per heavy atom.